The zero-order valence-electron chi connectivity index (χ0n) is 10.5. The van der Waals surface area contributed by atoms with E-state index in [1.54, 1.807) is 9.80 Å². The van der Waals surface area contributed by atoms with Crippen LogP contribution in [0.1, 0.15) is 12.8 Å². The molecule has 1 fully saturated rings. The summed E-state index contributed by atoms with van der Waals surface area (Å²) in [6.45, 7) is 2.05. The number of hydrogen-bond acceptors (Lipinski definition) is 5. The molecule has 0 spiro atoms. The third-order valence-electron chi connectivity index (χ3n) is 3.17. The van der Waals surface area contributed by atoms with E-state index in [9.17, 15) is 14.4 Å². The highest BCUT2D eigenvalue weighted by Crippen LogP contribution is 2.07. The molecule has 8 nitrogen and oxygen atoms in total. The number of carboxylic acids is 1. The fraction of sp³-hybridized carbons (Fsp3) is 0.636. The molecule has 19 heavy (non-hydrogen) atoms. The van der Waals surface area contributed by atoms with E-state index in [0.29, 0.717) is 38.3 Å². The Morgan fingerprint density at radius 2 is 1.89 bits per heavy atom. The van der Waals surface area contributed by atoms with E-state index < -0.39 is 5.97 Å². The van der Waals surface area contributed by atoms with Gasteiger partial charge in [0.1, 0.15) is 5.71 Å². The maximum Gasteiger partial charge on any atom is 0.317 e. The Kier molecular flexibility index (Phi) is 4.10. The Labute approximate surface area is 110 Å². The van der Waals surface area contributed by atoms with Gasteiger partial charge in [0, 0.05) is 39.0 Å². The molecule has 104 valence electrons. The van der Waals surface area contributed by atoms with E-state index in [1.807, 2.05) is 0 Å². The Balaban J connectivity index is 1.86. The zero-order chi connectivity index (χ0) is 13.8. The quantitative estimate of drug-likeness (QED) is 0.647. The van der Waals surface area contributed by atoms with Crippen LogP contribution in [0.3, 0.4) is 0 Å². The molecule has 0 radical (unpaired) electrons. The van der Waals surface area contributed by atoms with Gasteiger partial charge in [-0.15, -0.1) is 0 Å². The van der Waals surface area contributed by atoms with Crippen molar-refractivity contribution in [3.63, 3.8) is 0 Å². The van der Waals surface area contributed by atoms with Crippen molar-refractivity contribution in [1.29, 1.82) is 0 Å². The van der Waals surface area contributed by atoms with Gasteiger partial charge in [-0.05, 0) is 0 Å². The van der Waals surface area contributed by atoms with Crippen LogP contribution >= 0.6 is 0 Å². The minimum atomic E-state index is -0.862. The van der Waals surface area contributed by atoms with Gasteiger partial charge >= 0.3 is 5.97 Å². The summed E-state index contributed by atoms with van der Waals surface area (Å²) >= 11 is 0. The molecule has 2 aliphatic heterocycles. The van der Waals surface area contributed by atoms with Gasteiger partial charge in [0.05, 0.1) is 6.54 Å². The summed E-state index contributed by atoms with van der Waals surface area (Å²) in [5.41, 5.74) is 2.67. The lowest BCUT2D eigenvalue weighted by atomic mass is 10.1. The molecule has 1 saturated heterocycles. The van der Waals surface area contributed by atoms with Crippen molar-refractivity contribution >= 4 is 23.5 Å². The zero-order valence-corrected chi connectivity index (χ0v) is 10.5. The van der Waals surface area contributed by atoms with Crippen LogP contribution in [0.25, 0.3) is 0 Å². The summed E-state index contributed by atoms with van der Waals surface area (Å²) in [7, 11) is 0. The van der Waals surface area contributed by atoms with E-state index in [-0.39, 0.29) is 24.8 Å². The van der Waals surface area contributed by atoms with Crippen LogP contribution in [0.15, 0.2) is 5.10 Å². The molecule has 2 aliphatic rings. The molecule has 0 aromatic rings. The molecular weight excluding hydrogens is 252 g/mol. The molecule has 0 aromatic carbocycles. The normalized spacial score (nSPS) is 20.7. The Bertz CT molecular complexity index is 426. The van der Waals surface area contributed by atoms with Gasteiger partial charge in [-0.2, -0.15) is 5.10 Å². The second-order valence-corrected chi connectivity index (χ2v) is 4.56. The van der Waals surface area contributed by atoms with E-state index in [1.165, 1.54) is 0 Å². The lowest BCUT2D eigenvalue weighted by Crippen LogP contribution is -2.52. The number of piperazine rings is 1. The first-order chi connectivity index (χ1) is 9.06. The van der Waals surface area contributed by atoms with Crippen LogP contribution in [0.2, 0.25) is 0 Å². The summed E-state index contributed by atoms with van der Waals surface area (Å²) in [6, 6.07) is 0. The standard InChI is InChI=1S/C11H16N4O4/c16-9-2-1-8(12-13-9)11(19)15-5-3-14(4-6-15)7-10(17)18/h1-7H2,(H,13,16)(H,17,18). The van der Waals surface area contributed by atoms with Crippen LogP contribution < -0.4 is 5.43 Å². The van der Waals surface area contributed by atoms with Gasteiger partial charge < -0.3 is 10.0 Å². The number of hydrazone groups is 1. The van der Waals surface area contributed by atoms with Gasteiger partial charge in [-0.3, -0.25) is 19.3 Å². The third kappa shape index (κ3) is 3.50. The van der Waals surface area contributed by atoms with Crippen LogP contribution in [-0.2, 0) is 14.4 Å². The summed E-state index contributed by atoms with van der Waals surface area (Å²) in [6.07, 6.45) is 0.642. The first-order valence-corrected chi connectivity index (χ1v) is 6.15. The average Bonchev–Trinajstić information content (AvgIpc) is 2.39. The molecule has 8 heteroatoms. The van der Waals surface area contributed by atoms with Crippen molar-refractivity contribution < 1.29 is 19.5 Å². The molecular formula is C11H16N4O4. The molecule has 2 rings (SSSR count). The average molecular weight is 268 g/mol. The van der Waals surface area contributed by atoms with Crippen LogP contribution in [0, 0.1) is 0 Å². The molecule has 0 unspecified atom stereocenters. The minimum Gasteiger partial charge on any atom is -0.480 e. The van der Waals surface area contributed by atoms with Crippen molar-refractivity contribution in [3.8, 4) is 0 Å². The topological polar surface area (TPSA) is 102 Å². The van der Waals surface area contributed by atoms with Gasteiger partial charge in [0.2, 0.25) is 5.91 Å². The number of carbonyl (C=O) groups excluding carboxylic acids is 2. The van der Waals surface area contributed by atoms with Crippen molar-refractivity contribution in [2.24, 2.45) is 5.10 Å². The Morgan fingerprint density at radius 1 is 1.21 bits per heavy atom. The molecule has 2 amide bonds. The fourth-order valence-electron chi connectivity index (χ4n) is 2.11. The van der Waals surface area contributed by atoms with E-state index in [4.69, 9.17) is 5.11 Å². The maximum absolute atomic E-state index is 12.1. The van der Waals surface area contributed by atoms with E-state index >= 15 is 0 Å². The van der Waals surface area contributed by atoms with Crippen molar-refractivity contribution in [2.75, 3.05) is 32.7 Å². The van der Waals surface area contributed by atoms with Crippen molar-refractivity contribution in [1.82, 2.24) is 15.2 Å². The van der Waals surface area contributed by atoms with Crippen molar-refractivity contribution in [3.05, 3.63) is 0 Å². The second kappa shape index (κ2) is 5.79. The Hall–Kier alpha value is -1.96. The van der Waals surface area contributed by atoms with Gasteiger partial charge in [0.25, 0.3) is 5.91 Å². The number of carboxylic acid groups (broad SMARTS) is 1. The largest absolute Gasteiger partial charge is 0.480 e. The summed E-state index contributed by atoms with van der Waals surface area (Å²) < 4.78 is 0. The predicted octanol–water partition coefficient (Wildman–Crippen LogP) is -1.52. The first-order valence-electron chi connectivity index (χ1n) is 6.15. The van der Waals surface area contributed by atoms with Gasteiger partial charge in [-0.1, -0.05) is 0 Å². The summed E-state index contributed by atoms with van der Waals surface area (Å²) in [5, 5.41) is 12.5. The van der Waals surface area contributed by atoms with Gasteiger partial charge in [-0.25, -0.2) is 5.43 Å². The SMILES string of the molecule is O=C(O)CN1CCN(C(=O)C2=NNC(=O)CC2)CC1. The summed E-state index contributed by atoms with van der Waals surface area (Å²) in [5.74, 6) is -1.21. The fourth-order valence-corrected chi connectivity index (χ4v) is 2.11. The van der Waals surface area contributed by atoms with E-state index in [2.05, 4.69) is 10.5 Å². The highest BCUT2D eigenvalue weighted by Gasteiger charge is 2.27. The third-order valence-corrected chi connectivity index (χ3v) is 3.17. The smallest absolute Gasteiger partial charge is 0.317 e. The Morgan fingerprint density at radius 3 is 2.42 bits per heavy atom. The second-order valence-electron chi connectivity index (χ2n) is 4.56. The van der Waals surface area contributed by atoms with Gasteiger partial charge in [0.15, 0.2) is 0 Å². The first kappa shape index (κ1) is 13.5. The number of rotatable bonds is 3. The van der Waals surface area contributed by atoms with Crippen LogP contribution in [0.4, 0.5) is 0 Å². The molecule has 0 bridgehead atoms. The molecule has 2 N–H and O–H groups in total. The number of nitrogens with one attached hydrogen (secondary N) is 1. The molecule has 0 saturated carbocycles. The molecule has 0 atom stereocenters. The molecule has 0 aliphatic carbocycles. The predicted molar refractivity (Wildman–Crippen MR) is 65.5 cm³/mol. The molecule has 2 heterocycles. The van der Waals surface area contributed by atoms with Crippen LogP contribution in [-0.4, -0.2) is 71.1 Å². The number of carbonyl (C=O) groups is 3. The lowest BCUT2D eigenvalue weighted by molar-refractivity contribution is -0.139. The number of nitrogens with zero attached hydrogens (tertiary/aromatic N) is 3. The van der Waals surface area contributed by atoms with Crippen molar-refractivity contribution in [2.45, 2.75) is 12.8 Å². The maximum atomic E-state index is 12.1. The van der Waals surface area contributed by atoms with Crippen LogP contribution in [0.5, 0.6) is 0 Å². The monoisotopic (exact) mass is 268 g/mol. The molecule has 0 aromatic heterocycles. The lowest BCUT2D eigenvalue weighted by Gasteiger charge is -2.34. The highest BCUT2D eigenvalue weighted by molar-refractivity contribution is 6.39. The minimum absolute atomic E-state index is 0.000958. The highest BCUT2D eigenvalue weighted by atomic mass is 16.4. The number of aliphatic carboxylic acids is 1. The number of amides is 2. The summed E-state index contributed by atoms with van der Waals surface area (Å²) in [4.78, 5) is 37.1. The van der Waals surface area contributed by atoms with E-state index in [0.717, 1.165) is 0 Å². The number of hydrogen-bond donors (Lipinski definition) is 2.